The number of rotatable bonds is 2. The van der Waals surface area contributed by atoms with Crippen molar-refractivity contribution in [2.45, 2.75) is 25.4 Å². The Morgan fingerprint density at radius 1 is 0.963 bits per heavy atom. The lowest BCUT2D eigenvalue weighted by Crippen LogP contribution is -2.44. The van der Waals surface area contributed by atoms with E-state index in [1.165, 1.54) is 27.1 Å². The van der Waals surface area contributed by atoms with Crippen molar-refractivity contribution >= 4 is 28.4 Å². The topological polar surface area (TPSA) is 45.6 Å². The summed E-state index contributed by atoms with van der Waals surface area (Å²) in [4.78, 5) is 29.1. The molecule has 1 aromatic heterocycles. The summed E-state index contributed by atoms with van der Waals surface area (Å²) in [6.07, 6.45) is 1.16. The Kier molecular flexibility index (Phi) is 3.65. The zero-order valence-corrected chi connectivity index (χ0v) is 15.3. The monoisotopic (exact) mass is 359 g/mol. The molecule has 1 fully saturated rings. The highest BCUT2D eigenvalue weighted by atomic mass is 16.2. The molecule has 2 aromatic carbocycles. The standard InChI is InChI=1S/C22H21N3O2/c1-23-18-10-6-5-9-16(18)17-11-12-24(14-20(17)23)19-13-21(26)25(22(19)27)15-7-3-2-4-8-15/h2-10,19H,11-14H2,1H3/t19-/m0/s1. The van der Waals surface area contributed by atoms with E-state index in [1.807, 2.05) is 30.3 Å². The number of amides is 2. The van der Waals surface area contributed by atoms with Crippen LogP contribution >= 0.6 is 0 Å². The first-order chi connectivity index (χ1) is 13.1. The third kappa shape index (κ3) is 2.42. The molecule has 5 heteroatoms. The van der Waals surface area contributed by atoms with Crippen LogP contribution in [0.4, 0.5) is 5.69 Å². The molecule has 2 amide bonds. The molecule has 5 nitrogen and oxygen atoms in total. The molecular weight excluding hydrogens is 338 g/mol. The van der Waals surface area contributed by atoms with E-state index in [9.17, 15) is 9.59 Å². The van der Waals surface area contributed by atoms with E-state index in [1.54, 1.807) is 0 Å². The van der Waals surface area contributed by atoms with Crippen molar-refractivity contribution in [3.63, 3.8) is 0 Å². The van der Waals surface area contributed by atoms with Crippen LogP contribution in [0.2, 0.25) is 0 Å². The molecule has 0 spiro atoms. The van der Waals surface area contributed by atoms with Crippen LogP contribution in [-0.2, 0) is 29.6 Å². The summed E-state index contributed by atoms with van der Waals surface area (Å²) in [5.41, 5.74) is 4.52. The molecule has 1 atom stereocenters. The van der Waals surface area contributed by atoms with Gasteiger partial charge in [-0.1, -0.05) is 36.4 Å². The fraction of sp³-hybridized carbons (Fsp3) is 0.273. The van der Waals surface area contributed by atoms with Crippen LogP contribution in [0.5, 0.6) is 0 Å². The predicted molar refractivity (Wildman–Crippen MR) is 104 cm³/mol. The van der Waals surface area contributed by atoms with Gasteiger partial charge < -0.3 is 4.57 Å². The van der Waals surface area contributed by atoms with Crippen molar-refractivity contribution < 1.29 is 9.59 Å². The van der Waals surface area contributed by atoms with Gasteiger partial charge >= 0.3 is 0 Å². The minimum absolute atomic E-state index is 0.103. The number of carbonyl (C=O) groups is 2. The summed E-state index contributed by atoms with van der Waals surface area (Å²) in [5, 5.41) is 1.30. The van der Waals surface area contributed by atoms with Gasteiger partial charge in [0.15, 0.2) is 0 Å². The van der Waals surface area contributed by atoms with Crippen molar-refractivity contribution in [3.8, 4) is 0 Å². The second-order valence-corrected chi connectivity index (χ2v) is 7.34. The van der Waals surface area contributed by atoms with Crippen LogP contribution in [0.3, 0.4) is 0 Å². The summed E-state index contributed by atoms with van der Waals surface area (Å²) in [6.45, 7) is 1.50. The number of imide groups is 1. The highest BCUT2D eigenvalue weighted by Gasteiger charge is 2.43. The minimum atomic E-state index is -0.371. The summed E-state index contributed by atoms with van der Waals surface area (Å²) >= 11 is 0. The Morgan fingerprint density at radius 2 is 1.70 bits per heavy atom. The first-order valence-electron chi connectivity index (χ1n) is 9.36. The maximum Gasteiger partial charge on any atom is 0.251 e. The average molecular weight is 359 g/mol. The number of hydrogen-bond acceptors (Lipinski definition) is 3. The molecule has 0 bridgehead atoms. The molecule has 1 saturated heterocycles. The van der Waals surface area contributed by atoms with Gasteiger partial charge in [0, 0.05) is 36.7 Å². The first-order valence-corrected chi connectivity index (χ1v) is 9.36. The number of aromatic nitrogens is 1. The van der Waals surface area contributed by atoms with Gasteiger partial charge in [-0.15, -0.1) is 0 Å². The van der Waals surface area contributed by atoms with E-state index >= 15 is 0 Å². The molecule has 136 valence electrons. The van der Waals surface area contributed by atoms with Crippen molar-refractivity contribution in [2.75, 3.05) is 11.4 Å². The molecule has 0 saturated carbocycles. The fourth-order valence-corrected chi connectivity index (χ4v) is 4.55. The molecule has 5 rings (SSSR count). The lowest BCUT2D eigenvalue weighted by atomic mass is 10.0. The largest absolute Gasteiger partial charge is 0.346 e. The molecule has 2 aliphatic heterocycles. The Morgan fingerprint density at radius 3 is 2.52 bits per heavy atom. The number of nitrogens with zero attached hydrogens (tertiary/aromatic N) is 3. The fourth-order valence-electron chi connectivity index (χ4n) is 4.55. The number of para-hydroxylation sites is 2. The summed E-state index contributed by atoms with van der Waals surface area (Å²) in [7, 11) is 2.09. The van der Waals surface area contributed by atoms with E-state index in [0.29, 0.717) is 12.2 Å². The third-order valence-corrected chi connectivity index (χ3v) is 5.92. The second-order valence-electron chi connectivity index (χ2n) is 7.34. The normalized spacial score (nSPS) is 20.5. The van der Waals surface area contributed by atoms with Crippen LogP contribution in [0.15, 0.2) is 54.6 Å². The second kappa shape index (κ2) is 6.06. The van der Waals surface area contributed by atoms with Gasteiger partial charge in [0.2, 0.25) is 5.91 Å². The zero-order chi connectivity index (χ0) is 18.5. The lowest BCUT2D eigenvalue weighted by Gasteiger charge is -2.31. The molecule has 2 aliphatic rings. The first kappa shape index (κ1) is 16.3. The third-order valence-electron chi connectivity index (χ3n) is 5.92. The zero-order valence-electron chi connectivity index (χ0n) is 15.3. The van der Waals surface area contributed by atoms with E-state index in [0.717, 1.165) is 13.0 Å². The molecule has 0 aliphatic carbocycles. The molecule has 3 heterocycles. The Balaban J connectivity index is 1.46. The van der Waals surface area contributed by atoms with Crippen LogP contribution in [0.1, 0.15) is 17.7 Å². The SMILES string of the molecule is Cn1c2c(c3ccccc31)CCN([C@H]1CC(=O)N(c3ccccc3)C1=O)C2. The van der Waals surface area contributed by atoms with Crippen LogP contribution < -0.4 is 4.90 Å². The minimum Gasteiger partial charge on any atom is -0.346 e. The number of fused-ring (bicyclic) bond motifs is 3. The number of hydrogen-bond donors (Lipinski definition) is 0. The van der Waals surface area contributed by atoms with Crippen LogP contribution in [0, 0.1) is 0 Å². The number of carbonyl (C=O) groups excluding carboxylic acids is 2. The summed E-state index contributed by atoms with van der Waals surface area (Å²) in [5.74, 6) is -0.215. The number of benzene rings is 2. The van der Waals surface area contributed by atoms with Gasteiger partial charge in [-0.3, -0.25) is 14.5 Å². The Bertz CT molecular complexity index is 1050. The molecular formula is C22H21N3O2. The predicted octanol–water partition coefficient (Wildman–Crippen LogP) is 2.87. The van der Waals surface area contributed by atoms with Crippen molar-refractivity contribution in [1.29, 1.82) is 0 Å². The van der Waals surface area contributed by atoms with Gasteiger partial charge in [-0.25, -0.2) is 4.90 Å². The van der Waals surface area contributed by atoms with Crippen LogP contribution in [0.25, 0.3) is 10.9 Å². The van der Waals surface area contributed by atoms with E-state index in [-0.39, 0.29) is 24.3 Å². The van der Waals surface area contributed by atoms with E-state index < -0.39 is 0 Å². The molecule has 27 heavy (non-hydrogen) atoms. The van der Waals surface area contributed by atoms with E-state index in [4.69, 9.17) is 0 Å². The van der Waals surface area contributed by atoms with Crippen molar-refractivity contribution in [1.82, 2.24) is 9.47 Å². The highest BCUT2D eigenvalue weighted by Crippen LogP contribution is 2.33. The van der Waals surface area contributed by atoms with Gasteiger partial charge in [-0.05, 0) is 30.2 Å². The van der Waals surface area contributed by atoms with Gasteiger partial charge in [0.25, 0.3) is 5.91 Å². The maximum atomic E-state index is 13.0. The number of anilines is 1. The average Bonchev–Trinajstić information content (AvgIpc) is 3.16. The van der Waals surface area contributed by atoms with Gasteiger partial charge in [0.1, 0.15) is 0 Å². The summed E-state index contributed by atoms with van der Waals surface area (Å²) < 4.78 is 2.23. The Labute approximate surface area is 157 Å². The van der Waals surface area contributed by atoms with Crippen molar-refractivity contribution in [2.24, 2.45) is 7.05 Å². The van der Waals surface area contributed by atoms with Crippen molar-refractivity contribution in [3.05, 3.63) is 65.9 Å². The van der Waals surface area contributed by atoms with Gasteiger partial charge in [0.05, 0.1) is 18.2 Å². The molecule has 3 aromatic rings. The smallest absolute Gasteiger partial charge is 0.251 e. The maximum absolute atomic E-state index is 13.0. The lowest BCUT2D eigenvalue weighted by molar-refractivity contribution is -0.123. The van der Waals surface area contributed by atoms with E-state index in [2.05, 4.69) is 40.8 Å². The highest BCUT2D eigenvalue weighted by molar-refractivity contribution is 6.22. The molecule has 0 N–H and O–H groups in total. The molecule has 0 radical (unpaired) electrons. The van der Waals surface area contributed by atoms with Crippen LogP contribution in [-0.4, -0.2) is 33.9 Å². The van der Waals surface area contributed by atoms with Gasteiger partial charge in [-0.2, -0.15) is 0 Å². The summed E-state index contributed by atoms with van der Waals surface area (Å²) in [6, 6.07) is 17.3. The Hall–Kier alpha value is -2.92. The number of aryl methyl sites for hydroxylation is 1. The quantitative estimate of drug-likeness (QED) is 0.661. The molecule has 0 unspecified atom stereocenters.